The minimum atomic E-state index is -2.93. The molecule has 5 nitrogen and oxygen atoms in total. The Balaban J connectivity index is 1.89. The molecule has 0 N–H and O–H groups in total. The van der Waals surface area contributed by atoms with Gasteiger partial charge in [-0.1, -0.05) is 12.1 Å². The molecule has 1 aliphatic rings. The third kappa shape index (κ3) is 4.93. The van der Waals surface area contributed by atoms with E-state index in [-0.39, 0.29) is 11.7 Å². The lowest BCUT2D eigenvalue weighted by Crippen LogP contribution is -2.49. The van der Waals surface area contributed by atoms with Gasteiger partial charge in [-0.2, -0.15) is 0 Å². The van der Waals surface area contributed by atoms with Crippen LogP contribution in [-0.2, 0) is 9.84 Å². The molecule has 116 valence electrons. The molecule has 0 aromatic heterocycles. The van der Waals surface area contributed by atoms with Gasteiger partial charge in [0, 0.05) is 42.5 Å². The first-order chi connectivity index (χ1) is 9.87. The zero-order valence-corrected chi connectivity index (χ0v) is 14.9. The largest absolute Gasteiger partial charge is 0.336 e. The summed E-state index contributed by atoms with van der Waals surface area (Å²) < 4.78 is 23.3. The van der Waals surface area contributed by atoms with Crippen LogP contribution < -0.4 is 0 Å². The first-order valence-corrected chi connectivity index (χ1v) is 9.94. The molecule has 1 amide bonds. The van der Waals surface area contributed by atoms with E-state index in [1.807, 2.05) is 29.2 Å². The Kier molecular flexibility index (Phi) is 5.61. The number of benzene rings is 1. The van der Waals surface area contributed by atoms with E-state index in [0.717, 1.165) is 22.2 Å². The number of hydrogen-bond donors (Lipinski definition) is 0. The van der Waals surface area contributed by atoms with Gasteiger partial charge in [-0.3, -0.25) is 9.69 Å². The van der Waals surface area contributed by atoms with E-state index in [4.69, 9.17) is 0 Å². The average Bonchev–Trinajstić information content (AvgIpc) is 2.45. The summed E-state index contributed by atoms with van der Waals surface area (Å²) in [5.74, 6) is 0.236. The van der Waals surface area contributed by atoms with Gasteiger partial charge in [0.2, 0.25) is 0 Å². The van der Waals surface area contributed by atoms with Gasteiger partial charge in [0.25, 0.3) is 5.91 Å². The van der Waals surface area contributed by atoms with E-state index < -0.39 is 9.84 Å². The smallest absolute Gasteiger partial charge is 0.255 e. The Bertz CT molecular complexity index is 610. The molecule has 2 rings (SSSR count). The highest BCUT2D eigenvalue weighted by Gasteiger charge is 2.23. The standard InChI is InChI=1S/C14H19IN2O3S/c1-21(19,20)11-10-16-6-8-17(9-7-16)14(18)12-4-2-3-5-13(12)15/h2-5H,6-11H2,1H3. The number of rotatable bonds is 4. The molecule has 0 radical (unpaired) electrons. The number of sulfone groups is 1. The van der Waals surface area contributed by atoms with Crippen LogP contribution in [0.25, 0.3) is 0 Å². The molecule has 0 saturated carbocycles. The zero-order chi connectivity index (χ0) is 15.5. The predicted octanol–water partition coefficient (Wildman–Crippen LogP) is 1.09. The predicted molar refractivity (Wildman–Crippen MR) is 91.2 cm³/mol. The van der Waals surface area contributed by atoms with Crippen molar-refractivity contribution in [1.82, 2.24) is 9.80 Å². The van der Waals surface area contributed by atoms with Gasteiger partial charge < -0.3 is 4.90 Å². The highest BCUT2D eigenvalue weighted by molar-refractivity contribution is 14.1. The molecule has 21 heavy (non-hydrogen) atoms. The molecule has 1 saturated heterocycles. The minimum absolute atomic E-state index is 0.0581. The third-order valence-electron chi connectivity index (χ3n) is 3.54. The molecule has 7 heteroatoms. The van der Waals surface area contributed by atoms with Gasteiger partial charge in [0.05, 0.1) is 11.3 Å². The maximum absolute atomic E-state index is 12.5. The molecule has 0 unspecified atom stereocenters. The lowest BCUT2D eigenvalue weighted by molar-refractivity contribution is 0.0643. The van der Waals surface area contributed by atoms with Crippen LogP contribution in [0.1, 0.15) is 10.4 Å². The Hall–Kier alpha value is -0.670. The quantitative estimate of drug-likeness (QED) is 0.682. The van der Waals surface area contributed by atoms with E-state index in [9.17, 15) is 13.2 Å². The topological polar surface area (TPSA) is 57.7 Å². The van der Waals surface area contributed by atoms with Crippen LogP contribution in [0, 0.1) is 3.57 Å². The summed E-state index contributed by atoms with van der Waals surface area (Å²) in [5, 5.41) is 0. The van der Waals surface area contributed by atoms with Crippen LogP contribution in [0.2, 0.25) is 0 Å². The summed E-state index contributed by atoms with van der Waals surface area (Å²) in [7, 11) is -2.93. The molecule has 0 bridgehead atoms. The van der Waals surface area contributed by atoms with Crippen molar-refractivity contribution in [1.29, 1.82) is 0 Å². The van der Waals surface area contributed by atoms with Crippen molar-refractivity contribution in [3.05, 3.63) is 33.4 Å². The number of hydrogen-bond acceptors (Lipinski definition) is 4. The van der Waals surface area contributed by atoms with Crippen LogP contribution in [-0.4, -0.2) is 68.9 Å². The number of carbonyl (C=O) groups excluding carboxylic acids is 1. The molecule has 1 fully saturated rings. The van der Waals surface area contributed by atoms with Gasteiger partial charge >= 0.3 is 0 Å². The van der Waals surface area contributed by atoms with Crippen molar-refractivity contribution in [2.45, 2.75) is 0 Å². The van der Waals surface area contributed by atoms with Crippen molar-refractivity contribution in [2.24, 2.45) is 0 Å². The van der Waals surface area contributed by atoms with E-state index in [1.54, 1.807) is 0 Å². The van der Waals surface area contributed by atoms with Crippen LogP contribution >= 0.6 is 22.6 Å². The lowest BCUT2D eigenvalue weighted by atomic mass is 10.2. The molecular formula is C14H19IN2O3S. The summed E-state index contributed by atoms with van der Waals surface area (Å²) in [6.07, 6.45) is 1.25. The molecular weight excluding hydrogens is 403 g/mol. The van der Waals surface area contributed by atoms with E-state index in [0.29, 0.717) is 19.6 Å². The summed E-state index contributed by atoms with van der Waals surface area (Å²) in [5.41, 5.74) is 0.739. The zero-order valence-electron chi connectivity index (χ0n) is 12.0. The molecule has 1 aromatic rings. The van der Waals surface area contributed by atoms with Crippen molar-refractivity contribution < 1.29 is 13.2 Å². The third-order valence-corrected chi connectivity index (χ3v) is 5.41. The van der Waals surface area contributed by atoms with Gasteiger partial charge in [-0.15, -0.1) is 0 Å². The van der Waals surface area contributed by atoms with Crippen molar-refractivity contribution >= 4 is 38.3 Å². The average molecular weight is 422 g/mol. The summed E-state index contributed by atoms with van der Waals surface area (Å²) in [4.78, 5) is 16.4. The fourth-order valence-electron chi connectivity index (χ4n) is 2.27. The minimum Gasteiger partial charge on any atom is -0.336 e. The van der Waals surface area contributed by atoms with E-state index in [1.165, 1.54) is 6.26 Å². The highest BCUT2D eigenvalue weighted by atomic mass is 127. The molecule has 1 aliphatic heterocycles. The molecule has 0 spiro atoms. The van der Waals surface area contributed by atoms with Crippen molar-refractivity contribution in [3.63, 3.8) is 0 Å². The molecule has 1 heterocycles. The van der Waals surface area contributed by atoms with Crippen LogP contribution in [0.5, 0.6) is 0 Å². The molecule has 0 atom stereocenters. The number of nitrogens with zero attached hydrogens (tertiary/aromatic N) is 2. The van der Waals surface area contributed by atoms with Crippen LogP contribution in [0.3, 0.4) is 0 Å². The maximum atomic E-state index is 12.5. The van der Waals surface area contributed by atoms with Gasteiger partial charge in [-0.25, -0.2) is 8.42 Å². The second kappa shape index (κ2) is 7.06. The second-order valence-corrected chi connectivity index (χ2v) is 8.67. The fraction of sp³-hybridized carbons (Fsp3) is 0.500. The second-order valence-electron chi connectivity index (χ2n) is 5.24. The first-order valence-electron chi connectivity index (χ1n) is 6.81. The summed E-state index contributed by atoms with van der Waals surface area (Å²) >= 11 is 2.17. The van der Waals surface area contributed by atoms with E-state index in [2.05, 4.69) is 27.5 Å². The van der Waals surface area contributed by atoms with Gasteiger partial charge in [-0.05, 0) is 34.7 Å². The van der Waals surface area contributed by atoms with Crippen molar-refractivity contribution in [2.75, 3.05) is 44.7 Å². The Morgan fingerprint density at radius 2 is 1.81 bits per heavy atom. The van der Waals surface area contributed by atoms with Crippen LogP contribution in [0.15, 0.2) is 24.3 Å². The highest BCUT2D eigenvalue weighted by Crippen LogP contribution is 2.15. The lowest BCUT2D eigenvalue weighted by Gasteiger charge is -2.34. The fourth-order valence-corrected chi connectivity index (χ4v) is 3.48. The maximum Gasteiger partial charge on any atom is 0.255 e. The van der Waals surface area contributed by atoms with Crippen molar-refractivity contribution in [3.8, 4) is 0 Å². The molecule has 0 aliphatic carbocycles. The number of piperazine rings is 1. The Morgan fingerprint density at radius 3 is 2.38 bits per heavy atom. The first kappa shape index (κ1) is 16.7. The number of carbonyl (C=O) groups is 1. The SMILES string of the molecule is CS(=O)(=O)CCN1CCN(C(=O)c2ccccc2I)CC1. The summed E-state index contributed by atoms with van der Waals surface area (Å²) in [6, 6.07) is 7.57. The normalized spacial score (nSPS) is 17.0. The van der Waals surface area contributed by atoms with E-state index >= 15 is 0 Å². The Labute approximate surface area is 139 Å². The van der Waals surface area contributed by atoms with Gasteiger partial charge in [0.15, 0.2) is 0 Å². The van der Waals surface area contributed by atoms with Gasteiger partial charge in [0.1, 0.15) is 9.84 Å². The number of amides is 1. The number of halogens is 1. The monoisotopic (exact) mass is 422 g/mol. The van der Waals surface area contributed by atoms with Crippen LogP contribution in [0.4, 0.5) is 0 Å². The molecule has 1 aromatic carbocycles. The Morgan fingerprint density at radius 1 is 1.19 bits per heavy atom. The summed E-state index contributed by atoms with van der Waals surface area (Å²) in [6.45, 7) is 3.29.